The molecule has 0 radical (unpaired) electrons. The molecule has 1 fully saturated rings. The lowest BCUT2D eigenvalue weighted by Gasteiger charge is -2.21. The standard InChI is InChI=1S/C13H14FNO/c14-12-3-1-2-10-11(8-15-13(10)12)9-4-6-16-7-5-9/h1-3,8-9,15H,4-7H2. The second kappa shape index (κ2) is 3.91. The average molecular weight is 219 g/mol. The van der Waals surface area contributed by atoms with Crippen molar-refractivity contribution in [2.45, 2.75) is 18.8 Å². The summed E-state index contributed by atoms with van der Waals surface area (Å²) < 4.78 is 18.9. The van der Waals surface area contributed by atoms with Crippen LogP contribution in [0.15, 0.2) is 24.4 Å². The number of fused-ring (bicyclic) bond motifs is 1. The summed E-state index contributed by atoms with van der Waals surface area (Å²) in [5.74, 6) is 0.333. The Morgan fingerprint density at radius 1 is 1.25 bits per heavy atom. The van der Waals surface area contributed by atoms with Crippen molar-refractivity contribution < 1.29 is 9.13 Å². The Kier molecular flexibility index (Phi) is 2.40. The molecule has 0 amide bonds. The van der Waals surface area contributed by atoms with Gasteiger partial charge in [0.15, 0.2) is 0 Å². The van der Waals surface area contributed by atoms with Gasteiger partial charge in [0.05, 0.1) is 5.52 Å². The third-order valence-corrected chi connectivity index (χ3v) is 3.36. The highest BCUT2D eigenvalue weighted by molar-refractivity contribution is 5.84. The highest BCUT2D eigenvalue weighted by Gasteiger charge is 2.19. The van der Waals surface area contributed by atoms with Crippen LogP contribution in [0.1, 0.15) is 24.3 Å². The number of aromatic amines is 1. The predicted molar refractivity (Wildman–Crippen MR) is 61.1 cm³/mol. The maximum absolute atomic E-state index is 13.5. The summed E-state index contributed by atoms with van der Waals surface area (Å²) in [5, 5.41) is 1.02. The zero-order valence-electron chi connectivity index (χ0n) is 9.00. The van der Waals surface area contributed by atoms with Crippen LogP contribution in [0.25, 0.3) is 10.9 Å². The Morgan fingerprint density at radius 2 is 2.06 bits per heavy atom. The number of H-pyrrole nitrogens is 1. The van der Waals surface area contributed by atoms with Gasteiger partial charge in [0.25, 0.3) is 0 Å². The van der Waals surface area contributed by atoms with Gasteiger partial charge in [0.2, 0.25) is 0 Å². The van der Waals surface area contributed by atoms with E-state index in [0.29, 0.717) is 11.4 Å². The van der Waals surface area contributed by atoms with E-state index in [2.05, 4.69) is 4.98 Å². The van der Waals surface area contributed by atoms with Crippen LogP contribution in [-0.2, 0) is 4.74 Å². The Balaban J connectivity index is 2.06. The second-order valence-corrected chi connectivity index (χ2v) is 4.29. The summed E-state index contributed by atoms with van der Waals surface area (Å²) in [6.07, 6.45) is 4.01. The van der Waals surface area contributed by atoms with E-state index in [1.165, 1.54) is 11.6 Å². The highest BCUT2D eigenvalue weighted by Crippen LogP contribution is 2.32. The molecule has 1 aliphatic heterocycles. The van der Waals surface area contributed by atoms with Gasteiger partial charge in [-0.25, -0.2) is 4.39 Å². The third-order valence-electron chi connectivity index (χ3n) is 3.36. The first kappa shape index (κ1) is 9.85. The van der Waals surface area contributed by atoms with Crippen LogP contribution in [0.4, 0.5) is 4.39 Å². The van der Waals surface area contributed by atoms with E-state index in [0.717, 1.165) is 31.4 Å². The van der Waals surface area contributed by atoms with E-state index in [1.807, 2.05) is 12.3 Å². The topological polar surface area (TPSA) is 25.0 Å². The maximum Gasteiger partial charge on any atom is 0.147 e. The highest BCUT2D eigenvalue weighted by atomic mass is 19.1. The van der Waals surface area contributed by atoms with Crippen LogP contribution in [0.2, 0.25) is 0 Å². The minimum Gasteiger partial charge on any atom is -0.381 e. The fourth-order valence-corrected chi connectivity index (χ4v) is 2.49. The summed E-state index contributed by atoms with van der Waals surface area (Å²) in [7, 11) is 0. The molecule has 1 aromatic heterocycles. The number of para-hydroxylation sites is 1. The first-order chi connectivity index (χ1) is 7.86. The molecule has 3 heteroatoms. The molecule has 0 unspecified atom stereocenters. The van der Waals surface area contributed by atoms with Crippen LogP contribution in [0.5, 0.6) is 0 Å². The van der Waals surface area contributed by atoms with Crippen LogP contribution >= 0.6 is 0 Å². The van der Waals surface area contributed by atoms with E-state index < -0.39 is 0 Å². The summed E-state index contributed by atoms with van der Waals surface area (Å²) in [6.45, 7) is 1.62. The van der Waals surface area contributed by atoms with Crippen LogP contribution in [-0.4, -0.2) is 18.2 Å². The molecule has 0 spiro atoms. The molecule has 3 rings (SSSR count). The first-order valence-electron chi connectivity index (χ1n) is 5.69. The fraction of sp³-hybridized carbons (Fsp3) is 0.385. The molecular formula is C13H14FNO. The first-order valence-corrected chi connectivity index (χ1v) is 5.69. The molecule has 0 saturated carbocycles. The van der Waals surface area contributed by atoms with E-state index in [4.69, 9.17) is 4.74 Å². The van der Waals surface area contributed by atoms with E-state index in [-0.39, 0.29) is 5.82 Å². The minimum absolute atomic E-state index is 0.171. The van der Waals surface area contributed by atoms with Gasteiger partial charge in [0.1, 0.15) is 5.82 Å². The molecular weight excluding hydrogens is 205 g/mol. The lowest BCUT2D eigenvalue weighted by Crippen LogP contribution is -2.13. The zero-order valence-corrected chi connectivity index (χ0v) is 9.00. The number of aromatic nitrogens is 1. The smallest absolute Gasteiger partial charge is 0.147 e. The van der Waals surface area contributed by atoms with Gasteiger partial charge in [-0.3, -0.25) is 0 Å². The van der Waals surface area contributed by atoms with Crippen molar-refractivity contribution in [1.29, 1.82) is 0 Å². The maximum atomic E-state index is 13.5. The van der Waals surface area contributed by atoms with Crippen molar-refractivity contribution in [1.82, 2.24) is 4.98 Å². The Morgan fingerprint density at radius 3 is 2.88 bits per heavy atom. The van der Waals surface area contributed by atoms with Crippen molar-refractivity contribution in [3.63, 3.8) is 0 Å². The predicted octanol–water partition coefficient (Wildman–Crippen LogP) is 3.20. The van der Waals surface area contributed by atoms with Crippen LogP contribution in [0.3, 0.4) is 0 Å². The number of benzene rings is 1. The van der Waals surface area contributed by atoms with Crippen LogP contribution < -0.4 is 0 Å². The number of halogens is 1. The van der Waals surface area contributed by atoms with Crippen LogP contribution in [0, 0.1) is 5.82 Å². The SMILES string of the molecule is Fc1cccc2c(C3CCOCC3)c[nH]c12. The number of ether oxygens (including phenoxy) is 1. The van der Waals surface area contributed by atoms with Gasteiger partial charge in [0, 0.05) is 24.8 Å². The molecule has 2 heterocycles. The van der Waals surface area contributed by atoms with E-state index in [9.17, 15) is 4.39 Å². The van der Waals surface area contributed by atoms with Gasteiger partial charge < -0.3 is 9.72 Å². The van der Waals surface area contributed by atoms with Crippen molar-refractivity contribution in [3.05, 3.63) is 35.8 Å². The van der Waals surface area contributed by atoms with E-state index >= 15 is 0 Å². The molecule has 1 aromatic carbocycles. The molecule has 0 atom stereocenters. The largest absolute Gasteiger partial charge is 0.381 e. The van der Waals surface area contributed by atoms with Crippen molar-refractivity contribution >= 4 is 10.9 Å². The number of hydrogen-bond acceptors (Lipinski definition) is 1. The van der Waals surface area contributed by atoms with Crippen molar-refractivity contribution in [2.75, 3.05) is 13.2 Å². The van der Waals surface area contributed by atoms with Gasteiger partial charge in [-0.2, -0.15) is 0 Å². The molecule has 16 heavy (non-hydrogen) atoms. The quantitative estimate of drug-likeness (QED) is 0.782. The lowest BCUT2D eigenvalue weighted by atomic mass is 9.91. The third kappa shape index (κ3) is 1.52. The zero-order chi connectivity index (χ0) is 11.0. The average Bonchev–Trinajstić information content (AvgIpc) is 2.75. The molecule has 1 aliphatic rings. The molecule has 0 bridgehead atoms. The Bertz CT molecular complexity index is 500. The van der Waals surface area contributed by atoms with Gasteiger partial charge in [-0.05, 0) is 30.4 Å². The Hall–Kier alpha value is -1.35. The molecule has 1 saturated heterocycles. The number of rotatable bonds is 1. The molecule has 2 nitrogen and oxygen atoms in total. The fourth-order valence-electron chi connectivity index (χ4n) is 2.49. The van der Waals surface area contributed by atoms with Gasteiger partial charge >= 0.3 is 0 Å². The van der Waals surface area contributed by atoms with Crippen molar-refractivity contribution in [2.24, 2.45) is 0 Å². The monoisotopic (exact) mass is 219 g/mol. The molecule has 2 aromatic rings. The molecule has 1 N–H and O–H groups in total. The second-order valence-electron chi connectivity index (χ2n) is 4.29. The summed E-state index contributed by atoms with van der Waals surface area (Å²) >= 11 is 0. The summed E-state index contributed by atoms with van der Waals surface area (Å²) in [4.78, 5) is 3.04. The minimum atomic E-state index is -0.171. The summed E-state index contributed by atoms with van der Waals surface area (Å²) in [6, 6.07) is 5.25. The molecule has 84 valence electrons. The normalized spacial score (nSPS) is 18.1. The van der Waals surface area contributed by atoms with E-state index in [1.54, 1.807) is 6.07 Å². The number of nitrogens with one attached hydrogen (secondary N) is 1. The van der Waals surface area contributed by atoms with Gasteiger partial charge in [-0.15, -0.1) is 0 Å². The summed E-state index contributed by atoms with van der Waals surface area (Å²) in [5.41, 5.74) is 1.86. The molecule has 0 aliphatic carbocycles. The van der Waals surface area contributed by atoms with Gasteiger partial charge in [-0.1, -0.05) is 12.1 Å². The van der Waals surface area contributed by atoms with Crippen molar-refractivity contribution in [3.8, 4) is 0 Å². The number of hydrogen-bond donors (Lipinski definition) is 1. The lowest BCUT2D eigenvalue weighted by molar-refractivity contribution is 0.0856. The Labute approximate surface area is 93.4 Å².